The van der Waals surface area contributed by atoms with Crippen LogP contribution in [0.5, 0.6) is 0 Å². The molecule has 1 rings (SSSR count). The Morgan fingerprint density at radius 3 is 2.62 bits per heavy atom. The van der Waals surface area contributed by atoms with E-state index in [2.05, 4.69) is 20.9 Å². The van der Waals surface area contributed by atoms with E-state index in [1.165, 1.54) is 0 Å². The molecule has 2 nitrogen and oxygen atoms in total. The normalized spacial score (nSPS) is 10.5. The van der Waals surface area contributed by atoms with Crippen LogP contribution < -0.4 is 0 Å². The molecule has 0 saturated heterocycles. The van der Waals surface area contributed by atoms with E-state index in [-0.39, 0.29) is 10.9 Å². The number of carbonyl (C=O) groups excluding carboxylic acids is 1. The topological polar surface area (TPSA) is 30.0 Å². The van der Waals surface area contributed by atoms with Crippen LogP contribution in [0.25, 0.3) is 0 Å². The van der Waals surface area contributed by atoms with Gasteiger partial charge in [-0.1, -0.05) is 0 Å². The summed E-state index contributed by atoms with van der Waals surface area (Å²) in [6, 6.07) is 0.786. The lowest BCUT2D eigenvalue weighted by atomic mass is 10.2. The first kappa shape index (κ1) is 10.2. The van der Waals surface area contributed by atoms with Crippen LogP contribution >= 0.6 is 15.9 Å². The van der Waals surface area contributed by atoms with E-state index in [1.807, 2.05) is 0 Å². The van der Waals surface area contributed by atoms with Gasteiger partial charge in [-0.05, 0) is 15.9 Å². The van der Waals surface area contributed by atoms with Crippen molar-refractivity contribution < 1.29 is 18.0 Å². The van der Waals surface area contributed by atoms with E-state index in [9.17, 15) is 18.0 Å². The maximum atomic E-state index is 12.8. The fraction of sp³-hybridized carbons (Fsp3) is 0.143. The van der Waals surface area contributed by atoms with Crippen molar-refractivity contribution in [1.29, 1.82) is 0 Å². The second-order valence-corrected chi connectivity index (χ2v) is 2.96. The largest absolute Gasteiger partial charge is 0.296 e. The van der Waals surface area contributed by atoms with Gasteiger partial charge in [0.2, 0.25) is 0 Å². The van der Waals surface area contributed by atoms with Crippen molar-refractivity contribution in [3.05, 3.63) is 27.7 Å². The molecule has 13 heavy (non-hydrogen) atoms. The Hall–Kier alpha value is -0.910. The van der Waals surface area contributed by atoms with Gasteiger partial charge in [0.05, 0.1) is 5.56 Å². The van der Waals surface area contributed by atoms with Gasteiger partial charge < -0.3 is 0 Å². The van der Waals surface area contributed by atoms with Crippen molar-refractivity contribution in [3.8, 4) is 0 Å². The van der Waals surface area contributed by atoms with Crippen LogP contribution in [-0.2, 0) is 0 Å². The maximum absolute atomic E-state index is 12.8. The summed E-state index contributed by atoms with van der Waals surface area (Å²) in [6.45, 7) is 0. The summed E-state index contributed by atoms with van der Waals surface area (Å²) in [7, 11) is 0. The Morgan fingerprint density at radius 1 is 1.54 bits per heavy atom. The molecule has 0 saturated carbocycles. The summed E-state index contributed by atoms with van der Waals surface area (Å²) in [5, 5.41) is 0. The maximum Gasteiger partial charge on any atom is 0.268 e. The zero-order valence-corrected chi connectivity index (χ0v) is 7.69. The molecule has 0 bridgehead atoms. The highest BCUT2D eigenvalue weighted by molar-refractivity contribution is 9.10. The van der Waals surface area contributed by atoms with Crippen molar-refractivity contribution >= 4 is 22.2 Å². The Labute approximate surface area is 79.9 Å². The average molecular weight is 254 g/mol. The molecule has 0 aromatic carbocycles. The molecule has 0 spiro atoms. The van der Waals surface area contributed by atoms with E-state index in [0.29, 0.717) is 0 Å². The van der Waals surface area contributed by atoms with E-state index < -0.39 is 23.5 Å². The molecule has 70 valence electrons. The summed E-state index contributed by atoms with van der Waals surface area (Å²) in [5.41, 5.74) is -1.54. The van der Waals surface area contributed by atoms with E-state index in [1.54, 1.807) is 0 Å². The van der Waals surface area contributed by atoms with Crippen molar-refractivity contribution in [2.45, 2.75) is 6.43 Å². The van der Waals surface area contributed by atoms with Crippen LogP contribution in [0.3, 0.4) is 0 Å². The van der Waals surface area contributed by atoms with Crippen LogP contribution in [0.2, 0.25) is 0 Å². The lowest BCUT2D eigenvalue weighted by Gasteiger charge is -2.04. The number of alkyl halides is 2. The molecule has 0 unspecified atom stereocenters. The second kappa shape index (κ2) is 3.87. The minimum absolute atomic E-state index is 0.0106. The molecule has 0 aliphatic carbocycles. The van der Waals surface area contributed by atoms with Crippen molar-refractivity contribution in [2.75, 3.05) is 0 Å². The summed E-state index contributed by atoms with van der Waals surface area (Å²) >= 11 is 2.78. The van der Waals surface area contributed by atoms with Crippen LogP contribution in [0, 0.1) is 5.82 Å². The van der Waals surface area contributed by atoms with E-state index in [4.69, 9.17) is 0 Å². The summed E-state index contributed by atoms with van der Waals surface area (Å²) in [5.74, 6) is -1.14. The number of carbonyl (C=O) groups is 1. The quantitative estimate of drug-likeness (QED) is 0.600. The standard InChI is InChI=1S/C7H3BrF3NO/c8-5-1-3(9)6(7(10)11)4(2-13)12-5/h1-2,7H. The number of halogens is 4. The Balaban J connectivity index is 3.38. The van der Waals surface area contributed by atoms with Gasteiger partial charge in [-0.3, -0.25) is 4.79 Å². The molecule has 0 atom stereocenters. The molecule has 0 radical (unpaired) electrons. The van der Waals surface area contributed by atoms with E-state index in [0.717, 1.165) is 6.07 Å². The van der Waals surface area contributed by atoms with Gasteiger partial charge >= 0.3 is 0 Å². The first-order valence-corrected chi connectivity index (χ1v) is 3.95. The SMILES string of the molecule is O=Cc1nc(Br)cc(F)c1C(F)F. The van der Waals surface area contributed by atoms with Gasteiger partial charge in [0, 0.05) is 6.07 Å². The molecule has 1 aromatic rings. The number of aldehydes is 1. The van der Waals surface area contributed by atoms with Gasteiger partial charge in [0.15, 0.2) is 6.29 Å². The second-order valence-electron chi connectivity index (χ2n) is 2.14. The van der Waals surface area contributed by atoms with Crippen molar-refractivity contribution in [3.63, 3.8) is 0 Å². The number of hydrogen-bond donors (Lipinski definition) is 0. The van der Waals surface area contributed by atoms with Crippen LogP contribution in [-0.4, -0.2) is 11.3 Å². The van der Waals surface area contributed by atoms with Gasteiger partial charge in [0.25, 0.3) is 6.43 Å². The number of rotatable bonds is 2. The first-order valence-electron chi connectivity index (χ1n) is 3.15. The summed E-state index contributed by atoms with van der Waals surface area (Å²) in [6.07, 6.45) is -2.95. The number of pyridine rings is 1. The van der Waals surface area contributed by atoms with Crippen LogP contribution in [0.15, 0.2) is 10.7 Å². The minimum atomic E-state index is -3.04. The number of aromatic nitrogens is 1. The molecule has 0 amide bonds. The Kier molecular flexibility index (Phi) is 3.02. The average Bonchev–Trinajstić information content (AvgIpc) is 2.01. The zero-order chi connectivity index (χ0) is 10.0. The molecular formula is C7H3BrF3NO. The van der Waals surface area contributed by atoms with Crippen molar-refractivity contribution in [1.82, 2.24) is 4.98 Å². The predicted octanol–water partition coefficient (Wildman–Crippen LogP) is 2.73. The Morgan fingerprint density at radius 2 is 2.15 bits per heavy atom. The molecule has 0 aliphatic heterocycles. The zero-order valence-electron chi connectivity index (χ0n) is 6.10. The van der Waals surface area contributed by atoms with Gasteiger partial charge in [-0.25, -0.2) is 18.2 Å². The van der Waals surface area contributed by atoms with Gasteiger partial charge in [-0.15, -0.1) is 0 Å². The smallest absolute Gasteiger partial charge is 0.268 e. The highest BCUT2D eigenvalue weighted by Gasteiger charge is 2.20. The molecular weight excluding hydrogens is 251 g/mol. The molecule has 0 aliphatic rings. The molecule has 1 aromatic heterocycles. The summed E-state index contributed by atoms with van der Waals surface area (Å²) < 4.78 is 37.2. The van der Waals surface area contributed by atoms with Gasteiger partial charge in [0.1, 0.15) is 16.1 Å². The van der Waals surface area contributed by atoms with Crippen LogP contribution in [0.1, 0.15) is 22.5 Å². The molecule has 0 fully saturated rings. The third kappa shape index (κ3) is 2.06. The third-order valence-corrected chi connectivity index (χ3v) is 1.74. The highest BCUT2D eigenvalue weighted by atomic mass is 79.9. The first-order chi connectivity index (χ1) is 6.06. The van der Waals surface area contributed by atoms with E-state index >= 15 is 0 Å². The number of nitrogens with zero attached hydrogens (tertiary/aromatic N) is 1. The number of hydrogen-bond acceptors (Lipinski definition) is 2. The third-order valence-electron chi connectivity index (χ3n) is 1.34. The predicted molar refractivity (Wildman–Crippen MR) is 42.2 cm³/mol. The monoisotopic (exact) mass is 253 g/mol. The Bertz CT molecular complexity index is 343. The lowest BCUT2D eigenvalue weighted by molar-refractivity contribution is 0.109. The molecule has 6 heteroatoms. The van der Waals surface area contributed by atoms with Crippen molar-refractivity contribution in [2.24, 2.45) is 0 Å². The fourth-order valence-electron chi connectivity index (χ4n) is 0.818. The van der Waals surface area contributed by atoms with Gasteiger partial charge in [-0.2, -0.15) is 0 Å². The highest BCUT2D eigenvalue weighted by Crippen LogP contribution is 2.25. The minimum Gasteiger partial charge on any atom is -0.296 e. The lowest BCUT2D eigenvalue weighted by Crippen LogP contribution is -2.01. The molecule has 0 N–H and O–H groups in total. The fourth-order valence-corrected chi connectivity index (χ4v) is 1.21. The summed E-state index contributed by atoms with van der Waals surface area (Å²) in [4.78, 5) is 13.7. The molecule has 1 heterocycles. The van der Waals surface area contributed by atoms with Crippen LogP contribution in [0.4, 0.5) is 13.2 Å².